The molecule has 0 spiro atoms. The van der Waals surface area contributed by atoms with Gasteiger partial charge in [-0.15, -0.1) is 13.2 Å². The second-order valence-corrected chi connectivity index (χ2v) is 4.30. The minimum absolute atomic E-state index is 0.422. The summed E-state index contributed by atoms with van der Waals surface area (Å²) in [4.78, 5) is 0. The average Bonchev–Trinajstić information content (AvgIpc) is 2.33. The van der Waals surface area contributed by atoms with Gasteiger partial charge in [0.05, 0.1) is 0 Å². The Morgan fingerprint density at radius 1 is 1.10 bits per heavy atom. The van der Waals surface area contributed by atoms with Gasteiger partial charge in [-0.2, -0.15) is 13.2 Å². The quantitative estimate of drug-likeness (QED) is 0.820. The number of hydrogen-bond donors (Lipinski definition) is 2. The lowest BCUT2D eigenvalue weighted by Gasteiger charge is -2.19. The first-order chi connectivity index (χ1) is 9.49. The predicted molar refractivity (Wildman–Crippen MR) is 61.6 cm³/mol. The van der Waals surface area contributed by atoms with Gasteiger partial charge in [0, 0.05) is 12.6 Å². The van der Waals surface area contributed by atoms with E-state index in [4.69, 9.17) is 5.11 Å². The van der Waals surface area contributed by atoms with Gasteiger partial charge in [-0.3, -0.25) is 0 Å². The summed E-state index contributed by atoms with van der Waals surface area (Å²) >= 11 is 0. The van der Waals surface area contributed by atoms with E-state index < -0.39 is 37.0 Å². The maximum absolute atomic E-state index is 12.1. The van der Waals surface area contributed by atoms with Crippen LogP contribution in [0.15, 0.2) is 24.3 Å². The van der Waals surface area contributed by atoms with Gasteiger partial charge in [0.2, 0.25) is 0 Å². The van der Waals surface area contributed by atoms with Gasteiger partial charge in [0.25, 0.3) is 0 Å². The van der Waals surface area contributed by atoms with Gasteiger partial charge in [0.1, 0.15) is 5.75 Å². The Kier molecular flexibility index (Phi) is 5.46. The molecule has 3 nitrogen and oxygen atoms in total. The molecule has 120 valence electrons. The van der Waals surface area contributed by atoms with Crippen molar-refractivity contribution in [3.63, 3.8) is 0 Å². The summed E-state index contributed by atoms with van der Waals surface area (Å²) in [5, 5.41) is 11.3. The summed E-state index contributed by atoms with van der Waals surface area (Å²) in [5.41, 5.74) is 0.457. The maximum atomic E-state index is 12.1. The molecule has 0 aliphatic carbocycles. The molecule has 0 aliphatic rings. The fourth-order valence-electron chi connectivity index (χ4n) is 1.48. The second kappa shape index (κ2) is 6.52. The lowest BCUT2D eigenvalue weighted by Crippen LogP contribution is -2.39. The van der Waals surface area contributed by atoms with Crippen LogP contribution in [-0.4, -0.2) is 30.3 Å². The fourth-order valence-corrected chi connectivity index (χ4v) is 1.48. The number of alkyl halides is 6. The monoisotopic (exact) mass is 317 g/mol. The molecule has 9 heteroatoms. The number of aliphatic hydroxyl groups excluding tert-OH is 1. The average molecular weight is 317 g/mol. The minimum atomic E-state index is -4.80. The normalized spacial score (nSPS) is 15.6. The molecule has 0 aliphatic heterocycles. The van der Waals surface area contributed by atoms with E-state index in [1.807, 2.05) is 0 Å². The molecule has 0 fully saturated rings. The van der Waals surface area contributed by atoms with Crippen molar-refractivity contribution in [3.05, 3.63) is 29.8 Å². The molecule has 2 unspecified atom stereocenters. The Labute approximate surface area is 116 Å². The van der Waals surface area contributed by atoms with Crippen LogP contribution < -0.4 is 10.1 Å². The first kappa shape index (κ1) is 17.6. The van der Waals surface area contributed by atoms with E-state index >= 15 is 0 Å². The van der Waals surface area contributed by atoms with Crippen molar-refractivity contribution in [2.45, 2.75) is 31.6 Å². The third-order valence-corrected chi connectivity index (χ3v) is 2.61. The standard InChI is InChI=1S/C12H13F6NO2/c1-7(19-6-10(20)11(13,14)15)8-2-4-9(5-3-8)21-12(16,17)18/h2-5,7,10,19-20H,6H2,1H3. The van der Waals surface area contributed by atoms with Crippen LogP contribution in [0.25, 0.3) is 0 Å². The van der Waals surface area contributed by atoms with Crippen LogP contribution in [0.1, 0.15) is 18.5 Å². The first-order valence-corrected chi connectivity index (χ1v) is 5.83. The molecule has 0 heterocycles. The second-order valence-electron chi connectivity index (χ2n) is 4.30. The van der Waals surface area contributed by atoms with Crippen molar-refractivity contribution in [1.82, 2.24) is 5.32 Å². The molecule has 21 heavy (non-hydrogen) atoms. The fraction of sp³-hybridized carbons (Fsp3) is 0.500. The zero-order chi connectivity index (χ0) is 16.3. The Balaban J connectivity index is 2.57. The summed E-state index contributed by atoms with van der Waals surface area (Å²) in [5.74, 6) is -0.422. The largest absolute Gasteiger partial charge is 0.573 e. The number of rotatable bonds is 5. The molecule has 2 N–H and O–H groups in total. The summed E-state index contributed by atoms with van der Waals surface area (Å²) < 4.78 is 75.8. The molecule has 1 aromatic rings. The molecule has 0 saturated carbocycles. The van der Waals surface area contributed by atoms with E-state index in [0.717, 1.165) is 12.1 Å². The molecular weight excluding hydrogens is 304 g/mol. The van der Waals surface area contributed by atoms with Crippen LogP contribution in [0, 0.1) is 0 Å². The van der Waals surface area contributed by atoms with Crippen LogP contribution in [-0.2, 0) is 0 Å². The third-order valence-electron chi connectivity index (χ3n) is 2.61. The van der Waals surface area contributed by atoms with E-state index in [9.17, 15) is 26.3 Å². The summed E-state index contributed by atoms with van der Waals surface area (Å²) in [6.45, 7) is 0.800. The van der Waals surface area contributed by atoms with Gasteiger partial charge in [-0.1, -0.05) is 12.1 Å². The van der Waals surface area contributed by atoms with Crippen molar-refractivity contribution >= 4 is 0 Å². The number of hydrogen-bond acceptors (Lipinski definition) is 3. The summed E-state index contributed by atoms with van der Waals surface area (Å²) in [6, 6.07) is 4.11. The Morgan fingerprint density at radius 3 is 2.05 bits per heavy atom. The number of aliphatic hydroxyl groups is 1. The third kappa shape index (κ3) is 6.21. The van der Waals surface area contributed by atoms with Crippen molar-refractivity contribution < 1.29 is 36.2 Å². The van der Waals surface area contributed by atoms with Gasteiger partial charge in [-0.25, -0.2) is 0 Å². The topological polar surface area (TPSA) is 41.5 Å². The van der Waals surface area contributed by atoms with Gasteiger partial charge in [0.15, 0.2) is 6.10 Å². The molecule has 1 rings (SSSR count). The van der Waals surface area contributed by atoms with Crippen molar-refractivity contribution in [2.24, 2.45) is 0 Å². The highest BCUT2D eigenvalue weighted by Crippen LogP contribution is 2.25. The zero-order valence-corrected chi connectivity index (χ0v) is 10.8. The number of nitrogens with one attached hydrogen (secondary N) is 1. The molecule has 0 saturated heterocycles. The smallest absolute Gasteiger partial charge is 0.406 e. The van der Waals surface area contributed by atoms with Gasteiger partial charge >= 0.3 is 12.5 Å². The maximum Gasteiger partial charge on any atom is 0.573 e. The van der Waals surface area contributed by atoms with Crippen molar-refractivity contribution in [2.75, 3.05) is 6.54 Å². The lowest BCUT2D eigenvalue weighted by atomic mass is 10.1. The van der Waals surface area contributed by atoms with E-state index in [2.05, 4.69) is 10.1 Å². The predicted octanol–water partition coefficient (Wildman–Crippen LogP) is 3.16. The molecule has 0 aromatic heterocycles. The summed E-state index contributed by atoms with van der Waals surface area (Å²) in [7, 11) is 0. The highest BCUT2D eigenvalue weighted by molar-refractivity contribution is 5.29. The Hall–Kier alpha value is -1.48. The van der Waals surface area contributed by atoms with Crippen LogP contribution in [0.5, 0.6) is 5.75 Å². The van der Waals surface area contributed by atoms with E-state index in [1.165, 1.54) is 19.1 Å². The van der Waals surface area contributed by atoms with Crippen molar-refractivity contribution in [3.8, 4) is 5.75 Å². The van der Waals surface area contributed by atoms with Crippen molar-refractivity contribution in [1.29, 1.82) is 0 Å². The van der Waals surface area contributed by atoms with Gasteiger partial charge < -0.3 is 15.2 Å². The molecule has 0 radical (unpaired) electrons. The van der Waals surface area contributed by atoms with Gasteiger partial charge in [-0.05, 0) is 24.6 Å². The molecule has 2 atom stereocenters. The van der Waals surface area contributed by atoms with E-state index in [0.29, 0.717) is 5.56 Å². The first-order valence-electron chi connectivity index (χ1n) is 5.83. The zero-order valence-electron chi connectivity index (χ0n) is 10.8. The van der Waals surface area contributed by atoms with Crippen LogP contribution >= 0.6 is 0 Å². The summed E-state index contributed by atoms with van der Waals surface area (Å²) in [6.07, 6.45) is -12.0. The minimum Gasteiger partial charge on any atom is -0.406 e. The lowest BCUT2D eigenvalue weighted by molar-refractivity contribution is -0.274. The van der Waals surface area contributed by atoms with Crippen LogP contribution in [0.3, 0.4) is 0 Å². The molecule has 0 bridgehead atoms. The SMILES string of the molecule is CC(NCC(O)C(F)(F)F)c1ccc(OC(F)(F)F)cc1. The van der Waals surface area contributed by atoms with Crippen LogP contribution in [0.4, 0.5) is 26.3 Å². The van der Waals surface area contributed by atoms with Crippen LogP contribution in [0.2, 0.25) is 0 Å². The molecule has 0 amide bonds. The molecule has 1 aromatic carbocycles. The van der Waals surface area contributed by atoms with E-state index in [-0.39, 0.29) is 0 Å². The number of benzene rings is 1. The number of halogens is 6. The van der Waals surface area contributed by atoms with E-state index in [1.54, 1.807) is 0 Å². The Morgan fingerprint density at radius 2 is 1.62 bits per heavy atom. The highest BCUT2D eigenvalue weighted by atomic mass is 19.4. The molecular formula is C12H13F6NO2. The Bertz CT molecular complexity index is 443. The highest BCUT2D eigenvalue weighted by Gasteiger charge is 2.38. The number of ether oxygens (including phenoxy) is 1.